The summed E-state index contributed by atoms with van der Waals surface area (Å²) in [5.74, 6) is 5.64. The van der Waals surface area contributed by atoms with E-state index in [2.05, 4.69) is 11.8 Å². The van der Waals surface area contributed by atoms with Crippen LogP contribution in [0.1, 0.15) is 26.7 Å². The molecule has 0 spiro atoms. The molecule has 0 aliphatic rings. The lowest BCUT2D eigenvalue weighted by Crippen LogP contribution is -1.94. The van der Waals surface area contributed by atoms with E-state index in [1.165, 1.54) is 0 Å². The molecular formula is C6H13NO. The number of hydrogen-bond acceptors (Lipinski definition) is 2. The second kappa shape index (κ2) is 4.65. The van der Waals surface area contributed by atoms with Crippen molar-refractivity contribution in [3.8, 4) is 0 Å². The van der Waals surface area contributed by atoms with Gasteiger partial charge < -0.3 is 4.84 Å². The summed E-state index contributed by atoms with van der Waals surface area (Å²) in [6, 6.07) is 0. The molecule has 0 radical (unpaired) electrons. The van der Waals surface area contributed by atoms with Crippen molar-refractivity contribution in [2.45, 2.75) is 26.7 Å². The molecule has 2 N–H and O–H groups in total. The number of hydrogen-bond donors (Lipinski definition) is 1. The van der Waals surface area contributed by atoms with Crippen molar-refractivity contribution < 1.29 is 4.84 Å². The average molecular weight is 115 g/mol. The molecule has 0 unspecified atom stereocenters. The minimum atomic E-state index is 0.798. The molecule has 0 saturated heterocycles. The molecule has 0 fully saturated rings. The van der Waals surface area contributed by atoms with Gasteiger partial charge in [-0.05, 0) is 19.4 Å². The van der Waals surface area contributed by atoms with E-state index in [9.17, 15) is 0 Å². The summed E-state index contributed by atoms with van der Waals surface area (Å²) in [5, 5.41) is 0. The lowest BCUT2D eigenvalue weighted by atomic mass is 10.3. The smallest absolute Gasteiger partial charge is 0.116 e. The van der Waals surface area contributed by atoms with Crippen LogP contribution in [-0.4, -0.2) is 0 Å². The molecule has 0 aliphatic carbocycles. The SMILES string of the molecule is CCC/C=C(\C)ON. The molecule has 48 valence electrons. The van der Waals surface area contributed by atoms with Crippen LogP contribution in [0.15, 0.2) is 11.8 Å². The van der Waals surface area contributed by atoms with Crippen molar-refractivity contribution in [2.24, 2.45) is 5.90 Å². The predicted molar refractivity (Wildman–Crippen MR) is 33.9 cm³/mol. The van der Waals surface area contributed by atoms with Crippen LogP contribution in [0.5, 0.6) is 0 Å². The zero-order chi connectivity index (χ0) is 6.41. The molecule has 8 heavy (non-hydrogen) atoms. The second-order valence-corrected chi connectivity index (χ2v) is 1.72. The minimum absolute atomic E-state index is 0.798. The van der Waals surface area contributed by atoms with E-state index in [1.807, 2.05) is 13.0 Å². The zero-order valence-corrected chi connectivity index (χ0v) is 5.48. The summed E-state index contributed by atoms with van der Waals surface area (Å²) >= 11 is 0. The fourth-order valence-electron chi connectivity index (χ4n) is 0.396. The van der Waals surface area contributed by atoms with Crippen molar-refractivity contribution in [3.63, 3.8) is 0 Å². The van der Waals surface area contributed by atoms with Gasteiger partial charge in [0.2, 0.25) is 0 Å². The van der Waals surface area contributed by atoms with E-state index in [1.54, 1.807) is 0 Å². The molecule has 2 heteroatoms. The van der Waals surface area contributed by atoms with Crippen LogP contribution in [0.3, 0.4) is 0 Å². The van der Waals surface area contributed by atoms with Gasteiger partial charge >= 0.3 is 0 Å². The first-order valence-corrected chi connectivity index (χ1v) is 2.84. The molecule has 0 aromatic rings. The lowest BCUT2D eigenvalue weighted by molar-refractivity contribution is 0.221. The topological polar surface area (TPSA) is 35.2 Å². The monoisotopic (exact) mass is 115 g/mol. The van der Waals surface area contributed by atoms with Crippen LogP contribution in [0, 0.1) is 0 Å². The van der Waals surface area contributed by atoms with Gasteiger partial charge in [-0.1, -0.05) is 13.3 Å². The molecular weight excluding hydrogens is 102 g/mol. The Morgan fingerprint density at radius 1 is 1.75 bits per heavy atom. The van der Waals surface area contributed by atoms with Gasteiger partial charge in [-0.15, -0.1) is 0 Å². The van der Waals surface area contributed by atoms with Gasteiger partial charge in [0.15, 0.2) is 0 Å². The Balaban J connectivity index is 3.26. The predicted octanol–water partition coefficient (Wildman–Crippen LogP) is 1.58. The molecule has 0 aromatic carbocycles. The normalized spacial score (nSPS) is 11.6. The van der Waals surface area contributed by atoms with Crippen LogP contribution in [0.4, 0.5) is 0 Å². The van der Waals surface area contributed by atoms with Gasteiger partial charge in [-0.2, -0.15) is 5.90 Å². The van der Waals surface area contributed by atoms with Gasteiger partial charge in [-0.25, -0.2) is 0 Å². The van der Waals surface area contributed by atoms with Crippen molar-refractivity contribution in [1.29, 1.82) is 0 Å². The van der Waals surface area contributed by atoms with E-state index in [-0.39, 0.29) is 0 Å². The van der Waals surface area contributed by atoms with Gasteiger partial charge in [0.05, 0.1) is 0 Å². The van der Waals surface area contributed by atoms with Gasteiger partial charge in [-0.3, -0.25) is 0 Å². The fraction of sp³-hybridized carbons (Fsp3) is 0.667. The first-order chi connectivity index (χ1) is 3.81. The van der Waals surface area contributed by atoms with E-state index in [0.29, 0.717) is 0 Å². The van der Waals surface area contributed by atoms with Crippen LogP contribution in [0.2, 0.25) is 0 Å². The molecule has 0 bridgehead atoms. The molecule has 0 heterocycles. The van der Waals surface area contributed by atoms with E-state index < -0.39 is 0 Å². The molecule has 0 saturated carbocycles. The largest absolute Gasteiger partial charge is 0.417 e. The Labute approximate surface area is 50.3 Å². The lowest BCUT2D eigenvalue weighted by Gasteiger charge is -1.93. The van der Waals surface area contributed by atoms with Crippen LogP contribution < -0.4 is 5.90 Å². The molecule has 0 amide bonds. The van der Waals surface area contributed by atoms with Gasteiger partial charge in [0, 0.05) is 0 Å². The van der Waals surface area contributed by atoms with Gasteiger partial charge in [0.25, 0.3) is 0 Å². The Morgan fingerprint density at radius 2 is 2.38 bits per heavy atom. The number of nitrogens with two attached hydrogens (primary N) is 1. The molecule has 0 atom stereocenters. The van der Waals surface area contributed by atoms with Crippen molar-refractivity contribution in [3.05, 3.63) is 11.8 Å². The maximum Gasteiger partial charge on any atom is 0.116 e. The maximum atomic E-state index is 4.84. The highest BCUT2D eigenvalue weighted by molar-refractivity contribution is 4.86. The third-order valence-corrected chi connectivity index (χ3v) is 0.906. The quantitative estimate of drug-likeness (QED) is 0.447. The van der Waals surface area contributed by atoms with E-state index in [0.717, 1.165) is 18.6 Å². The fourth-order valence-corrected chi connectivity index (χ4v) is 0.396. The van der Waals surface area contributed by atoms with Crippen molar-refractivity contribution >= 4 is 0 Å². The third kappa shape index (κ3) is 3.68. The van der Waals surface area contributed by atoms with Crippen LogP contribution in [-0.2, 0) is 4.84 Å². The van der Waals surface area contributed by atoms with Crippen molar-refractivity contribution in [2.75, 3.05) is 0 Å². The van der Waals surface area contributed by atoms with Gasteiger partial charge in [0.1, 0.15) is 5.76 Å². The first-order valence-electron chi connectivity index (χ1n) is 2.84. The Morgan fingerprint density at radius 3 is 2.75 bits per heavy atom. The first kappa shape index (κ1) is 7.50. The number of allylic oxidation sites excluding steroid dienone is 2. The molecule has 0 aliphatic heterocycles. The average Bonchev–Trinajstić information content (AvgIpc) is 1.83. The zero-order valence-electron chi connectivity index (χ0n) is 5.48. The van der Waals surface area contributed by atoms with Crippen molar-refractivity contribution in [1.82, 2.24) is 0 Å². The molecule has 0 rings (SSSR count). The Bertz CT molecular complexity index is 78.6. The van der Waals surface area contributed by atoms with Crippen LogP contribution in [0.25, 0.3) is 0 Å². The van der Waals surface area contributed by atoms with E-state index >= 15 is 0 Å². The van der Waals surface area contributed by atoms with E-state index in [4.69, 9.17) is 5.90 Å². The Kier molecular flexibility index (Phi) is 4.36. The maximum absolute atomic E-state index is 4.84. The summed E-state index contributed by atoms with van der Waals surface area (Å²) in [4.78, 5) is 4.41. The summed E-state index contributed by atoms with van der Waals surface area (Å²) in [6.07, 6.45) is 4.16. The number of rotatable bonds is 3. The second-order valence-electron chi connectivity index (χ2n) is 1.72. The Hall–Kier alpha value is -0.500. The highest BCUT2D eigenvalue weighted by Crippen LogP contribution is 1.95. The molecule has 0 aromatic heterocycles. The number of unbranched alkanes of at least 4 members (excludes halogenated alkanes) is 1. The summed E-state index contributed by atoms with van der Waals surface area (Å²) in [5.41, 5.74) is 0. The summed E-state index contributed by atoms with van der Waals surface area (Å²) in [7, 11) is 0. The standard InChI is InChI=1S/C6H13NO/c1-3-4-5-6(2)8-7/h5H,3-4,7H2,1-2H3/b6-5+. The highest BCUT2D eigenvalue weighted by atomic mass is 16.6. The highest BCUT2D eigenvalue weighted by Gasteiger charge is 1.81. The third-order valence-electron chi connectivity index (χ3n) is 0.906. The summed E-state index contributed by atoms with van der Waals surface area (Å²) in [6.45, 7) is 3.95. The van der Waals surface area contributed by atoms with Crippen LogP contribution >= 0.6 is 0 Å². The minimum Gasteiger partial charge on any atom is -0.417 e. The molecule has 2 nitrogen and oxygen atoms in total. The summed E-state index contributed by atoms with van der Waals surface area (Å²) < 4.78 is 0.